The van der Waals surface area contributed by atoms with E-state index in [4.69, 9.17) is 10.9 Å². The van der Waals surface area contributed by atoms with Gasteiger partial charge in [-0.1, -0.05) is 25.9 Å². The second kappa shape index (κ2) is 5.89. The van der Waals surface area contributed by atoms with E-state index in [1.807, 2.05) is 0 Å². The van der Waals surface area contributed by atoms with Gasteiger partial charge in [-0.25, -0.2) is 4.72 Å². The molecule has 0 heterocycles. The van der Waals surface area contributed by atoms with Gasteiger partial charge in [-0.15, -0.1) is 0 Å². The van der Waals surface area contributed by atoms with Crippen molar-refractivity contribution in [2.24, 2.45) is 16.8 Å². The normalized spacial score (nSPS) is 15.6. The number of nitrogens with one attached hydrogen (secondary N) is 2. The van der Waals surface area contributed by atoms with E-state index >= 15 is 0 Å². The molecule has 0 rings (SSSR count). The second-order valence-electron chi connectivity index (χ2n) is 3.37. The van der Waals surface area contributed by atoms with Crippen molar-refractivity contribution in [1.29, 1.82) is 0 Å². The first-order valence-corrected chi connectivity index (χ1v) is 6.06. The molecule has 0 aliphatic rings. The highest BCUT2D eigenvalue weighted by Gasteiger charge is 2.23. The number of nitrogens with two attached hydrogens (primary N) is 1. The smallest absolute Gasteiger partial charge is 0.277 e. The van der Waals surface area contributed by atoms with Crippen LogP contribution < -0.4 is 15.2 Å². The highest BCUT2D eigenvalue weighted by molar-refractivity contribution is 7.87. The minimum absolute atomic E-state index is 0.116. The third kappa shape index (κ3) is 4.96. The van der Waals surface area contributed by atoms with Gasteiger partial charge in [0.25, 0.3) is 10.2 Å². The molecule has 0 radical (unpaired) electrons. The summed E-state index contributed by atoms with van der Waals surface area (Å²) in [5.41, 5.74) is 5.37. The molecule has 0 bridgehead atoms. The molecule has 0 amide bonds. The van der Waals surface area contributed by atoms with Crippen molar-refractivity contribution >= 4 is 16.0 Å². The molecule has 0 saturated heterocycles. The van der Waals surface area contributed by atoms with Crippen LogP contribution in [0.4, 0.5) is 0 Å². The van der Waals surface area contributed by atoms with Gasteiger partial charge >= 0.3 is 0 Å². The molecule has 15 heavy (non-hydrogen) atoms. The van der Waals surface area contributed by atoms with Gasteiger partial charge in [0.05, 0.1) is 6.04 Å². The van der Waals surface area contributed by atoms with Crippen LogP contribution in [0.1, 0.15) is 20.8 Å². The molecule has 8 heteroatoms. The summed E-state index contributed by atoms with van der Waals surface area (Å²) in [5.74, 6) is -0.277. The zero-order valence-corrected chi connectivity index (χ0v) is 9.87. The monoisotopic (exact) mass is 238 g/mol. The molecule has 0 aliphatic heterocycles. The van der Waals surface area contributed by atoms with Crippen LogP contribution >= 0.6 is 0 Å². The Labute approximate surface area is 89.9 Å². The Morgan fingerprint density at radius 1 is 1.53 bits per heavy atom. The Morgan fingerprint density at radius 2 is 2.07 bits per heavy atom. The Balaban J connectivity index is 4.71. The Morgan fingerprint density at radius 3 is 2.40 bits per heavy atom. The van der Waals surface area contributed by atoms with E-state index in [0.717, 1.165) is 0 Å². The van der Waals surface area contributed by atoms with Gasteiger partial charge < -0.3 is 10.9 Å². The van der Waals surface area contributed by atoms with Crippen molar-refractivity contribution in [1.82, 2.24) is 9.44 Å². The van der Waals surface area contributed by atoms with E-state index in [0.29, 0.717) is 0 Å². The zero-order valence-electron chi connectivity index (χ0n) is 9.06. The van der Waals surface area contributed by atoms with Crippen LogP contribution in [-0.2, 0) is 10.2 Å². The predicted octanol–water partition coefficient (Wildman–Crippen LogP) is -0.799. The van der Waals surface area contributed by atoms with Crippen LogP contribution in [0.15, 0.2) is 5.16 Å². The fourth-order valence-electron chi connectivity index (χ4n) is 0.999. The Hall–Kier alpha value is -0.860. The fourth-order valence-corrected chi connectivity index (χ4v) is 2.19. The quantitative estimate of drug-likeness (QED) is 0.210. The van der Waals surface area contributed by atoms with E-state index in [9.17, 15) is 8.42 Å². The van der Waals surface area contributed by atoms with E-state index in [-0.39, 0.29) is 18.3 Å². The third-order valence-corrected chi connectivity index (χ3v) is 2.95. The predicted molar refractivity (Wildman–Crippen MR) is 57.8 cm³/mol. The van der Waals surface area contributed by atoms with Crippen molar-refractivity contribution in [2.75, 3.05) is 6.54 Å². The first-order valence-electron chi connectivity index (χ1n) is 4.58. The summed E-state index contributed by atoms with van der Waals surface area (Å²) in [7, 11) is -3.60. The lowest BCUT2D eigenvalue weighted by Gasteiger charge is -2.20. The first kappa shape index (κ1) is 14.1. The maximum atomic E-state index is 11.4. The van der Waals surface area contributed by atoms with E-state index in [1.165, 1.54) is 0 Å². The third-order valence-electron chi connectivity index (χ3n) is 1.72. The van der Waals surface area contributed by atoms with Crippen LogP contribution in [0.2, 0.25) is 0 Å². The summed E-state index contributed by atoms with van der Waals surface area (Å²) in [4.78, 5) is 0. The number of hydrogen-bond acceptors (Lipinski definition) is 4. The minimum atomic E-state index is -3.60. The highest BCUT2D eigenvalue weighted by Crippen LogP contribution is 2.02. The highest BCUT2D eigenvalue weighted by atomic mass is 32.2. The van der Waals surface area contributed by atoms with E-state index in [1.54, 1.807) is 20.8 Å². The summed E-state index contributed by atoms with van der Waals surface area (Å²) in [5, 5.41) is 11.3. The van der Waals surface area contributed by atoms with Crippen molar-refractivity contribution < 1.29 is 13.6 Å². The molecule has 0 aliphatic carbocycles. The molecule has 5 N–H and O–H groups in total. The molecule has 1 unspecified atom stereocenters. The number of rotatable bonds is 6. The largest absolute Gasteiger partial charge is 0.409 e. The standard InChI is InChI=1S/C7H18N4O3S/c1-4-9-15(13,14)11-6(5(2)3)7(8)10-12/h5-6,9,11-12H,4H2,1-3H3,(H2,8,10). The van der Waals surface area contributed by atoms with Gasteiger partial charge in [0.15, 0.2) is 5.84 Å². The maximum Gasteiger partial charge on any atom is 0.277 e. The number of nitrogens with zero attached hydrogens (tertiary/aromatic N) is 1. The fraction of sp³-hybridized carbons (Fsp3) is 0.857. The average Bonchev–Trinajstić information content (AvgIpc) is 2.12. The summed E-state index contributed by atoms with van der Waals surface area (Å²) in [6, 6.07) is -0.723. The zero-order chi connectivity index (χ0) is 12.1. The van der Waals surface area contributed by atoms with Crippen molar-refractivity contribution in [3.8, 4) is 0 Å². The maximum absolute atomic E-state index is 11.4. The first-order chi connectivity index (χ1) is 6.84. The summed E-state index contributed by atoms with van der Waals surface area (Å²) in [6.45, 7) is 5.46. The Bertz CT molecular complexity index is 312. The summed E-state index contributed by atoms with van der Waals surface area (Å²) < 4.78 is 27.2. The lowest BCUT2D eigenvalue weighted by Crippen LogP contribution is -2.51. The van der Waals surface area contributed by atoms with Crippen LogP contribution in [0, 0.1) is 5.92 Å². The Kier molecular flexibility index (Phi) is 5.55. The molecule has 0 aromatic heterocycles. The molecule has 7 nitrogen and oxygen atoms in total. The topological polar surface area (TPSA) is 117 Å². The van der Waals surface area contributed by atoms with E-state index < -0.39 is 16.3 Å². The van der Waals surface area contributed by atoms with Crippen molar-refractivity contribution in [3.63, 3.8) is 0 Å². The van der Waals surface area contributed by atoms with Gasteiger partial charge in [0, 0.05) is 6.54 Å². The van der Waals surface area contributed by atoms with Gasteiger partial charge in [-0.2, -0.15) is 13.1 Å². The van der Waals surface area contributed by atoms with Crippen LogP contribution in [0.5, 0.6) is 0 Å². The lowest BCUT2D eigenvalue weighted by atomic mass is 10.1. The van der Waals surface area contributed by atoms with Gasteiger partial charge in [0.1, 0.15) is 0 Å². The lowest BCUT2D eigenvalue weighted by molar-refractivity contribution is 0.313. The second-order valence-corrected chi connectivity index (χ2v) is 4.90. The number of oxime groups is 1. The molecular weight excluding hydrogens is 220 g/mol. The molecule has 0 aromatic carbocycles. The van der Waals surface area contributed by atoms with Crippen LogP contribution in [0.25, 0.3) is 0 Å². The molecule has 90 valence electrons. The molecule has 0 aromatic rings. The number of hydrogen-bond donors (Lipinski definition) is 4. The molecule has 0 saturated carbocycles. The van der Waals surface area contributed by atoms with Crippen molar-refractivity contribution in [2.45, 2.75) is 26.8 Å². The van der Waals surface area contributed by atoms with Gasteiger partial charge in [-0.05, 0) is 5.92 Å². The average molecular weight is 238 g/mol. The number of amidine groups is 1. The summed E-state index contributed by atoms with van der Waals surface area (Å²) >= 11 is 0. The van der Waals surface area contributed by atoms with Crippen molar-refractivity contribution in [3.05, 3.63) is 0 Å². The SMILES string of the molecule is CCNS(=O)(=O)NC(C(N)=NO)C(C)C. The van der Waals surface area contributed by atoms with Crippen LogP contribution in [0.3, 0.4) is 0 Å². The molecule has 0 fully saturated rings. The molecule has 0 spiro atoms. The van der Waals surface area contributed by atoms with Gasteiger partial charge in [-0.3, -0.25) is 0 Å². The van der Waals surface area contributed by atoms with Crippen LogP contribution in [-0.4, -0.2) is 32.0 Å². The summed E-state index contributed by atoms with van der Waals surface area (Å²) in [6.07, 6.45) is 0. The molecular formula is C7H18N4O3S. The molecule has 1 atom stereocenters. The van der Waals surface area contributed by atoms with Gasteiger partial charge in [0.2, 0.25) is 0 Å². The van der Waals surface area contributed by atoms with E-state index in [2.05, 4.69) is 14.6 Å². The minimum Gasteiger partial charge on any atom is -0.409 e.